The summed E-state index contributed by atoms with van der Waals surface area (Å²) in [7, 11) is 0. The molecule has 0 amide bonds. The minimum Gasteiger partial charge on any atom is -0.369 e. The number of benzene rings is 2. The Labute approximate surface area is 122 Å². The number of nitrogen functional groups attached to an aromatic ring is 1. The third kappa shape index (κ3) is 2.42. The predicted octanol–water partition coefficient (Wildman–Crippen LogP) is 3.74. The second kappa shape index (κ2) is 4.96. The SMILES string of the molecule is Nc1nc2cc(F)c(Cl)cc2n1Cc1ccc(F)cc1F. The molecule has 3 nitrogen and oxygen atoms in total. The minimum atomic E-state index is -0.690. The summed E-state index contributed by atoms with van der Waals surface area (Å²) in [6.07, 6.45) is 0. The molecule has 0 saturated carbocycles. The molecular weight excluding hydrogens is 303 g/mol. The van der Waals surface area contributed by atoms with Crippen LogP contribution in [0.5, 0.6) is 0 Å². The summed E-state index contributed by atoms with van der Waals surface area (Å²) < 4.78 is 41.5. The third-order valence-electron chi connectivity index (χ3n) is 3.16. The van der Waals surface area contributed by atoms with Crippen LogP contribution in [0, 0.1) is 17.5 Å². The van der Waals surface area contributed by atoms with Crippen molar-refractivity contribution in [3.05, 3.63) is 58.4 Å². The number of halogens is 4. The fraction of sp³-hybridized carbons (Fsp3) is 0.0714. The molecular formula is C14H9ClF3N3. The number of hydrogen-bond donors (Lipinski definition) is 1. The van der Waals surface area contributed by atoms with Crippen LogP contribution in [0.15, 0.2) is 30.3 Å². The molecule has 0 aliphatic heterocycles. The van der Waals surface area contributed by atoms with Gasteiger partial charge in [-0.05, 0) is 12.1 Å². The van der Waals surface area contributed by atoms with Crippen molar-refractivity contribution < 1.29 is 13.2 Å². The smallest absolute Gasteiger partial charge is 0.201 e. The summed E-state index contributed by atoms with van der Waals surface area (Å²) in [6.45, 7) is 0.0381. The number of imidazole rings is 1. The largest absolute Gasteiger partial charge is 0.369 e. The number of anilines is 1. The van der Waals surface area contributed by atoms with Gasteiger partial charge in [0.1, 0.15) is 17.5 Å². The highest BCUT2D eigenvalue weighted by Gasteiger charge is 2.14. The third-order valence-corrected chi connectivity index (χ3v) is 3.45. The van der Waals surface area contributed by atoms with Crippen LogP contribution in [-0.4, -0.2) is 9.55 Å². The highest BCUT2D eigenvalue weighted by molar-refractivity contribution is 6.31. The average Bonchev–Trinajstić information content (AvgIpc) is 2.69. The van der Waals surface area contributed by atoms with Crippen LogP contribution >= 0.6 is 11.6 Å². The molecule has 3 rings (SSSR count). The van der Waals surface area contributed by atoms with Gasteiger partial charge in [0.15, 0.2) is 0 Å². The lowest BCUT2D eigenvalue weighted by atomic mass is 10.2. The van der Waals surface area contributed by atoms with Gasteiger partial charge in [0.2, 0.25) is 5.95 Å². The Morgan fingerprint density at radius 1 is 1.10 bits per heavy atom. The Hall–Kier alpha value is -2.21. The molecule has 0 aliphatic carbocycles. The number of fused-ring (bicyclic) bond motifs is 1. The monoisotopic (exact) mass is 311 g/mol. The van der Waals surface area contributed by atoms with Crippen molar-refractivity contribution >= 4 is 28.6 Å². The van der Waals surface area contributed by atoms with Crippen molar-refractivity contribution in [1.29, 1.82) is 0 Å². The maximum absolute atomic E-state index is 13.7. The molecule has 0 radical (unpaired) electrons. The molecule has 2 aromatic carbocycles. The van der Waals surface area contributed by atoms with Crippen molar-refractivity contribution in [3.8, 4) is 0 Å². The molecule has 2 N–H and O–H groups in total. The van der Waals surface area contributed by atoms with Crippen molar-refractivity contribution in [3.63, 3.8) is 0 Å². The van der Waals surface area contributed by atoms with E-state index < -0.39 is 17.5 Å². The van der Waals surface area contributed by atoms with Gasteiger partial charge in [-0.1, -0.05) is 17.7 Å². The van der Waals surface area contributed by atoms with Gasteiger partial charge in [0.05, 0.1) is 22.6 Å². The summed E-state index contributed by atoms with van der Waals surface area (Å²) in [5.41, 5.74) is 6.80. The normalized spacial score (nSPS) is 11.2. The summed E-state index contributed by atoms with van der Waals surface area (Å²) in [6, 6.07) is 5.79. The summed E-state index contributed by atoms with van der Waals surface area (Å²) in [4.78, 5) is 4.00. The van der Waals surface area contributed by atoms with Crippen LogP contribution in [0.2, 0.25) is 5.02 Å². The van der Waals surface area contributed by atoms with E-state index in [1.54, 1.807) is 0 Å². The van der Waals surface area contributed by atoms with E-state index in [0.29, 0.717) is 11.0 Å². The fourth-order valence-corrected chi connectivity index (χ4v) is 2.28. The molecule has 0 spiro atoms. The standard InChI is InChI=1S/C14H9ClF3N3/c15-9-4-13-12(5-11(9)18)20-14(19)21(13)6-7-1-2-8(16)3-10(7)17/h1-5H,6H2,(H2,19,20). The zero-order valence-electron chi connectivity index (χ0n) is 10.6. The predicted molar refractivity (Wildman–Crippen MR) is 74.6 cm³/mol. The average molecular weight is 312 g/mol. The lowest BCUT2D eigenvalue weighted by Crippen LogP contribution is -2.06. The second-order valence-electron chi connectivity index (χ2n) is 4.55. The Kier molecular flexibility index (Phi) is 3.25. The van der Waals surface area contributed by atoms with Gasteiger partial charge < -0.3 is 10.3 Å². The van der Waals surface area contributed by atoms with Gasteiger partial charge in [-0.15, -0.1) is 0 Å². The van der Waals surface area contributed by atoms with Crippen LogP contribution in [0.1, 0.15) is 5.56 Å². The van der Waals surface area contributed by atoms with Gasteiger partial charge in [-0.2, -0.15) is 0 Å². The first-order valence-corrected chi connectivity index (χ1v) is 6.38. The maximum atomic E-state index is 13.7. The van der Waals surface area contributed by atoms with Gasteiger partial charge in [0.25, 0.3) is 0 Å². The maximum Gasteiger partial charge on any atom is 0.201 e. The van der Waals surface area contributed by atoms with E-state index in [1.165, 1.54) is 16.7 Å². The van der Waals surface area contributed by atoms with E-state index in [2.05, 4.69) is 4.98 Å². The number of aromatic nitrogens is 2. The lowest BCUT2D eigenvalue weighted by molar-refractivity contribution is 0.568. The molecule has 3 aromatic rings. The summed E-state index contributed by atoms with van der Waals surface area (Å²) in [5.74, 6) is -1.87. The van der Waals surface area contributed by atoms with E-state index in [4.69, 9.17) is 17.3 Å². The van der Waals surface area contributed by atoms with E-state index in [1.807, 2.05) is 0 Å². The zero-order valence-corrected chi connectivity index (χ0v) is 11.3. The van der Waals surface area contributed by atoms with Gasteiger partial charge in [0, 0.05) is 17.7 Å². The summed E-state index contributed by atoms with van der Waals surface area (Å²) >= 11 is 5.74. The van der Waals surface area contributed by atoms with E-state index >= 15 is 0 Å². The minimum absolute atomic E-state index is 0.0381. The Morgan fingerprint density at radius 2 is 1.86 bits per heavy atom. The molecule has 0 aliphatic rings. The molecule has 0 fully saturated rings. The van der Waals surface area contributed by atoms with E-state index in [-0.39, 0.29) is 23.1 Å². The number of nitrogens with two attached hydrogens (primary N) is 1. The Balaban J connectivity index is 2.12. The Bertz CT molecular complexity index is 845. The van der Waals surface area contributed by atoms with Crippen LogP contribution in [0.4, 0.5) is 19.1 Å². The molecule has 0 bridgehead atoms. The second-order valence-corrected chi connectivity index (χ2v) is 4.95. The van der Waals surface area contributed by atoms with E-state index in [9.17, 15) is 13.2 Å². The summed E-state index contributed by atoms with van der Waals surface area (Å²) in [5, 5.41) is -0.0803. The lowest BCUT2D eigenvalue weighted by Gasteiger charge is -2.08. The molecule has 108 valence electrons. The molecule has 0 unspecified atom stereocenters. The first-order valence-electron chi connectivity index (χ1n) is 6.00. The molecule has 7 heteroatoms. The van der Waals surface area contributed by atoms with Crippen molar-refractivity contribution in [2.24, 2.45) is 0 Å². The first kappa shape index (κ1) is 13.8. The van der Waals surface area contributed by atoms with Crippen LogP contribution in [0.3, 0.4) is 0 Å². The number of hydrogen-bond acceptors (Lipinski definition) is 2. The number of rotatable bonds is 2. The van der Waals surface area contributed by atoms with Crippen LogP contribution < -0.4 is 5.73 Å². The molecule has 1 heterocycles. The van der Waals surface area contributed by atoms with Gasteiger partial charge in [-0.25, -0.2) is 18.2 Å². The quantitative estimate of drug-likeness (QED) is 0.783. The van der Waals surface area contributed by atoms with Crippen molar-refractivity contribution in [2.75, 3.05) is 5.73 Å². The van der Waals surface area contributed by atoms with Crippen molar-refractivity contribution in [2.45, 2.75) is 6.54 Å². The topological polar surface area (TPSA) is 43.8 Å². The van der Waals surface area contributed by atoms with Gasteiger partial charge >= 0.3 is 0 Å². The highest BCUT2D eigenvalue weighted by atomic mass is 35.5. The highest BCUT2D eigenvalue weighted by Crippen LogP contribution is 2.26. The van der Waals surface area contributed by atoms with Crippen molar-refractivity contribution in [1.82, 2.24) is 9.55 Å². The van der Waals surface area contributed by atoms with Crippen LogP contribution in [-0.2, 0) is 6.54 Å². The van der Waals surface area contributed by atoms with Crippen LogP contribution in [0.25, 0.3) is 11.0 Å². The van der Waals surface area contributed by atoms with Gasteiger partial charge in [-0.3, -0.25) is 0 Å². The van der Waals surface area contributed by atoms with E-state index in [0.717, 1.165) is 18.2 Å². The molecule has 0 atom stereocenters. The fourth-order valence-electron chi connectivity index (χ4n) is 2.13. The Morgan fingerprint density at radius 3 is 2.57 bits per heavy atom. The number of nitrogens with zero attached hydrogens (tertiary/aromatic N) is 2. The molecule has 1 aromatic heterocycles. The first-order chi connectivity index (χ1) is 9.95. The zero-order chi connectivity index (χ0) is 15.1. The molecule has 21 heavy (non-hydrogen) atoms. The molecule has 0 saturated heterocycles.